The van der Waals surface area contributed by atoms with Gasteiger partial charge >= 0.3 is 0 Å². The molecule has 1 amide bonds. The minimum Gasteiger partial charge on any atom is -0.340 e. The summed E-state index contributed by atoms with van der Waals surface area (Å²) in [7, 11) is 0. The molecule has 134 valence electrons. The van der Waals surface area contributed by atoms with Crippen LogP contribution in [0.1, 0.15) is 27.2 Å². The van der Waals surface area contributed by atoms with Gasteiger partial charge in [0.25, 0.3) is 5.91 Å². The SMILES string of the molecule is O=C1c2cc(C#Cc3cccc(F)c3)cn2CCN1CCc1ccccc1. The minimum atomic E-state index is -0.304. The molecule has 4 rings (SSSR count). The van der Waals surface area contributed by atoms with Crippen LogP contribution < -0.4 is 0 Å². The zero-order chi connectivity index (χ0) is 18.6. The molecule has 1 aromatic heterocycles. The molecule has 27 heavy (non-hydrogen) atoms. The first-order valence-corrected chi connectivity index (χ1v) is 9.00. The summed E-state index contributed by atoms with van der Waals surface area (Å²) in [6.07, 6.45) is 2.74. The molecule has 0 bridgehead atoms. The molecule has 4 heteroatoms. The van der Waals surface area contributed by atoms with Crippen molar-refractivity contribution in [3.8, 4) is 11.8 Å². The number of fused-ring (bicyclic) bond motifs is 1. The van der Waals surface area contributed by atoms with Gasteiger partial charge in [0, 0.05) is 37.0 Å². The second-order valence-corrected chi connectivity index (χ2v) is 6.60. The molecule has 2 heterocycles. The summed E-state index contributed by atoms with van der Waals surface area (Å²) in [5, 5.41) is 0. The zero-order valence-corrected chi connectivity index (χ0v) is 14.9. The van der Waals surface area contributed by atoms with Gasteiger partial charge < -0.3 is 9.47 Å². The summed E-state index contributed by atoms with van der Waals surface area (Å²) in [5.74, 6) is 5.72. The van der Waals surface area contributed by atoms with Gasteiger partial charge in [-0.25, -0.2) is 4.39 Å². The highest BCUT2D eigenvalue weighted by Crippen LogP contribution is 2.17. The lowest BCUT2D eigenvalue weighted by Crippen LogP contribution is -2.40. The van der Waals surface area contributed by atoms with Gasteiger partial charge in [0.05, 0.1) is 0 Å². The van der Waals surface area contributed by atoms with E-state index in [9.17, 15) is 9.18 Å². The van der Waals surface area contributed by atoms with Crippen molar-refractivity contribution in [2.45, 2.75) is 13.0 Å². The van der Waals surface area contributed by atoms with Crippen molar-refractivity contribution in [3.63, 3.8) is 0 Å². The first kappa shape index (κ1) is 17.1. The van der Waals surface area contributed by atoms with Crippen molar-refractivity contribution in [1.29, 1.82) is 0 Å². The fourth-order valence-electron chi connectivity index (χ4n) is 3.27. The van der Waals surface area contributed by atoms with Crippen LogP contribution in [0, 0.1) is 17.7 Å². The molecular formula is C23H19FN2O. The molecule has 0 saturated carbocycles. The first-order chi connectivity index (χ1) is 13.2. The third-order valence-electron chi connectivity index (χ3n) is 4.70. The predicted octanol–water partition coefficient (Wildman–Crippen LogP) is 3.73. The van der Waals surface area contributed by atoms with Crippen LogP contribution in [0.3, 0.4) is 0 Å². The van der Waals surface area contributed by atoms with E-state index < -0.39 is 0 Å². The topological polar surface area (TPSA) is 25.2 Å². The van der Waals surface area contributed by atoms with Gasteiger partial charge in [-0.1, -0.05) is 48.2 Å². The lowest BCUT2D eigenvalue weighted by Gasteiger charge is -2.28. The normalized spacial score (nSPS) is 13.1. The predicted molar refractivity (Wildman–Crippen MR) is 103 cm³/mol. The molecule has 3 aromatic rings. The standard InChI is InChI=1S/C23H19FN2O/c24-21-8-4-7-19(15-21)9-10-20-16-22-23(27)25(13-14-26(22)17-20)12-11-18-5-2-1-3-6-18/h1-8,15-17H,11-14H2. The molecule has 0 aliphatic carbocycles. The number of halogens is 1. The van der Waals surface area contributed by atoms with Crippen LogP contribution >= 0.6 is 0 Å². The third kappa shape index (κ3) is 3.93. The molecule has 0 N–H and O–H groups in total. The summed E-state index contributed by atoms with van der Waals surface area (Å²) in [6.45, 7) is 2.17. The van der Waals surface area contributed by atoms with Gasteiger partial charge in [-0.3, -0.25) is 4.79 Å². The Kier molecular flexibility index (Phi) is 4.76. The van der Waals surface area contributed by atoms with Crippen molar-refractivity contribution in [1.82, 2.24) is 9.47 Å². The average molecular weight is 358 g/mol. The van der Waals surface area contributed by atoms with E-state index >= 15 is 0 Å². The lowest BCUT2D eigenvalue weighted by atomic mass is 10.1. The average Bonchev–Trinajstić information content (AvgIpc) is 3.11. The smallest absolute Gasteiger partial charge is 0.270 e. The fourth-order valence-corrected chi connectivity index (χ4v) is 3.27. The highest BCUT2D eigenvalue weighted by molar-refractivity contribution is 5.94. The number of nitrogens with zero attached hydrogens (tertiary/aromatic N) is 2. The van der Waals surface area contributed by atoms with Crippen LogP contribution in [-0.2, 0) is 13.0 Å². The van der Waals surface area contributed by atoms with Crippen LogP contribution in [0.15, 0.2) is 66.9 Å². The van der Waals surface area contributed by atoms with E-state index in [1.54, 1.807) is 12.1 Å². The van der Waals surface area contributed by atoms with Crippen molar-refractivity contribution >= 4 is 5.91 Å². The Morgan fingerprint density at radius 1 is 0.926 bits per heavy atom. The molecule has 1 aliphatic rings. The van der Waals surface area contributed by atoms with Crippen molar-refractivity contribution < 1.29 is 9.18 Å². The molecule has 0 spiro atoms. The molecule has 0 saturated heterocycles. The number of aromatic nitrogens is 1. The van der Waals surface area contributed by atoms with Gasteiger partial charge in [0.1, 0.15) is 11.5 Å². The Balaban J connectivity index is 1.47. The summed E-state index contributed by atoms with van der Waals surface area (Å²) in [6, 6.07) is 18.2. The van der Waals surface area contributed by atoms with E-state index in [2.05, 4.69) is 24.0 Å². The number of rotatable bonds is 3. The van der Waals surface area contributed by atoms with E-state index in [-0.39, 0.29) is 11.7 Å². The summed E-state index contributed by atoms with van der Waals surface area (Å²) in [4.78, 5) is 14.7. The molecule has 0 fully saturated rings. The van der Waals surface area contributed by atoms with Gasteiger partial charge in [-0.05, 0) is 36.2 Å². The number of hydrogen-bond acceptors (Lipinski definition) is 1. The van der Waals surface area contributed by atoms with Crippen LogP contribution in [0.25, 0.3) is 0 Å². The largest absolute Gasteiger partial charge is 0.340 e. The fraction of sp³-hybridized carbons (Fsp3) is 0.174. The monoisotopic (exact) mass is 358 g/mol. The maximum Gasteiger partial charge on any atom is 0.270 e. The van der Waals surface area contributed by atoms with Gasteiger partial charge in [0.2, 0.25) is 0 Å². The Morgan fingerprint density at radius 3 is 2.56 bits per heavy atom. The van der Waals surface area contributed by atoms with Crippen molar-refractivity contribution in [2.24, 2.45) is 0 Å². The number of benzene rings is 2. The number of carbonyl (C=O) groups is 1. The van der Waals surface area contributed by atoms with E-state index in [0.29, 0.717) is 24.3 Å². The molecule has 1 aliphatic heterocycles. The lowest BCUT2D eigenvalue weighted by molar-refractivity contribution is 0.0707. The van der Waals surface area contributed by atoms with Crippen molar-refractivity contribution in [3.05, 3.63) is 95.1 Å². The van der Waals surface area contributed by atoms with E-state index in [4.69, 9.17) is 0 Å². The summed E-state index contributed by atoms with van der Waals surface area (Å²) in [5.41, 5.74) is 3.29. The Hall–Kier alpha value is -3.32. The molecule has 0 unspecified atom stereocenters. The highest BCUT2D eigenvalue weighted by Gasteiger charge is 2.24. The summed E-state index contributed by atoms with van der Waals surface area (Å²) < 4.78 is 15.2. The zero-order valence-electron chi connectivity index (χ0n) is 14.9. The molecular weight excluding hydrogens is 339 g/mol. The molecule has 0 atom stereocenters. The van der Waals surface area contributed by atoms with Gasteiger partial charge in [-0.15, -0.1) is 0 Å². The van der Waals surface area contributed by atoms with Crippen LogP contribution in [-0.4, -0.2) is 28.5 Å². The van der Waals surface area contributed by atoms with E-state index in [0.717, 1.165) is 18.5 Å². The Morgan fingerprint density at radius 2 is 1.74 bits per heavy atom. The summed E-state index contributed by atoms with van der Waals surface area (Å²) >= 11 is 0. The second-order valence-electron chi connectivity index (χ2n) is 6.60. The molecule has 0 radical (unpaired) electrons. The van der Waals surface area contributed by atoms with Crippen LogP contribution in [0.2, 0.25) is 0 Å². The van der Waals surface area contributed by atoms with Crippen molar-refractivity contribution in [2.75, 3.05) is 13.1 Å². The maximum atomic E-state index is 13.2. The van der Waals surface area contributed by atoms with Crippen LogP contribution in [0.4, 0.5) is 4.39 Å². The second kappa shape index (κ2) is 7.51. The number of hydrogen-bond donors (Lipinski definition) is 0. The number of amides is 1. The third-order valence-corrected chi connectivity index (χ3v) is 4.70. The Bertz CT molecular complexity index is 1030. The number of carbonyl (C=O) groups excluding carboxylic acids is 1. The van der Waals surface area contributed by atoms with Crippen LogP contribution in [0.5, 0.6) is 0 Å². The quantitative estimate of drug-likeness (QED) is 0.655. The maximum absolute atomic E-state index is 13.2. The van der Waals surface area contributed by atoms with Gasteiger partial charge in [-0.2, -0.15) is 0 Å². The minimum absolute atomic E-state index is 0.0380. The van der Waals surface area contributed by atoms with E-state index in [1.807, 2.05) is 39.9 Å². The molecule has 3 nitrogen and oxygen atoms in total. The Labute approximate surface area is 158 Å². The van der Waals surface area contributed by atoms with E-state index in [1.165, 1.54) is 17.7 Å². The first-order valence-electron chi connectivity index (χ1n) is 9.00. The molecule has 2 aromatic carbocycles. The van der Waals surface area contributed by atoms with Gasteiger partial charge in [0.15, 0.2) is 0 Å². The highest BCUT2D eigenvalue weighted by atomic mass is 19.1.